The molecule has 0 unspecified atom stereocenters. The molecule has 0 fully saturated rings. The van der Waals surface area contributed by atoms with Crippen LogP contribution in [0.2, 0.25) is 0 Å². The Balaban J connectivity index is 1.45. The van der Waals surface area contributed by atoms with E-state index in [1.807, 2.05) is 36.7 Å². The molecule has 0 bridgehead atoms. The molecule has 36 heavy (non-hydrogen) atoms. The van der Waals surface area contributed by atoms with Gasteiger partial charge in [-0.25, -0.2) is 4.39 Å². The molecule has 2 aromatic carbocycles. The van der Waals surface area contributed by atoms with E-state index in [4.69, 9.17) is 0 Å². The highest BCUT2D eigenvalue weighted by Gasteiger charge is 2.16. The summed E-state index contributed by atoms with van der Waals surface area (Å²) in [6.07, 6.45) is 5.33. The van der Waals surface area contributed by atoms with Crippen molar-refractivity contribution in [1.29, 1.82) is 0 Å². The van der Waals surface area contributed by atoms with Crippen LogP contribution < -0.4 is 5.32 Å². The Labute approximate surface area is 206 Å². The van der Waals surface area contributed by atoms with Gasteiger partial charge in [-0.3, -0.25) is 15.1 Å². The summed E-state index contributed by atoms with van der Waals surface area (Å²) in [7, 11) is 0. The molecule has 6 rings (SSSR count). The van der Waals surface area contributed by atoms with Gasteiger partial charge in [0.2, 0.25) is 0 Å². The van der Waals surface area contributed by atoms with Crippen molar-refractivity contribution in [3.05, 3.63) is 79.0 Å². The summed E-state index contributed by atoms with van der Waals surface area (Å²) in [5, 5.41) is 22.7. The molecule has 0 saturated heterocycles. The van der Waals surface area contributed by atoms with E-state index in [9.17, 15) is 9.50 Å². The lowest BCUT2D eigenvalue weighted by Crippen LogP contribution is -2.09. The third-order valence-electron chi connectivity index (χ3n) is 6.05. The van der Waals surface area contributed by atoms with Gasteiger partial charge in [0, 0.05) is 58.1 Å². The smallest absolute Gasteiger partial charge is 0.127 e. The lowest BCUT2D eigenvalue weighted by atomic mass is 10.0. The SMILES string of the molecule is CC(C)Nc1cncc(-c2ccc3[nH]nc(-c4cc5c(-c6cc(O)cc(F)c6)nccc5[nH]4)c3c2)c1. The Morgan fingerprint density at radius 2 is 1.72 bits per heavy atom. The second-order valence-corrected chi connectivity index (χ2v) is 9.10. The number of hydrogen-bond donors (Lipinski definition) is 4. The molecule has 4 aromatic heterocycles. The number of phenols is 1. The molecule has 0 aliphatic rings. The second kappa shape index (κ2) is 8.49. The van der Waals surface area contributed by atoms with Crippen molar-refractivity contribution in [2.24, 2.45) is 0 Å². The van der Waals surface area contributed by atoms with Crippen LogP contribution in [0.25, 0.3) is 55.6 Å². The molecular weight excluding hydrogens is 455 g/mol. The summed E-state index contributed by atoms with van der Waals surface area (Å²) in [5.74, 6) is -0.667. The van der Waals surface area contributed by atoms with Gasteiger partial charge in [0.15, 0.2) is 0 Å². The van der Waals surface area contributed by atoms with Crippen LogP contribution in [-0.2, 0) is 0 Å². The van der Waals surface area contributed by atoms with E-state index in [1.54, 1.807) is 6.20 Å². The summed E-state index contributed by atoms with van der Waals surface area (Å²) in [5.41, 5.74) is 7.38. The molecule has 0 amide bonds. The van der Waals surface area contributed by atoms with Gasteiger partial charge in [-0.2, -0.15) is 5.10 Å². The molecule has 6 aromatic rings. The first-order chi connectivity index (χ1) is 17.4. The number of H-pyrrole nitrogens is 2. The predicted molar refractivity (Wildman–Crippen MR) is 140 cm³/mol. The number of hydrogen-bond acceptors (Lipinski definition) is 5. The van der Waals surface area contributed by atoms with Crippen LogP contribution in [0, 0.1) is 5.82 Å². The number of halogens is 1. The molecule has 0 aliphatic heterocycles. The molecule has 7 nitrogen and oxygen atoms in total. The monoisotopic (exact) mass is 478 g/mol. The summed E-state index contributed by atoms with van der Waals surface area (Å²) in [4.78, 5) is 12.3. The summed E-state index contributed by atoms with van der Waals surface area (Å²) in [6, 6.07) is 16.3. The average molecular weight is 479 g/mol. The van der Waals surface area contributed by atoms with Gasteiger partial charge in [-0.15, -0.1) is 0 Å². The third-order valence-corrected chi connectivity index (χ3v) is 6.05. The quantitative estimate of drug-likeness (QED) is 0.226. The van der Waals surface area contributed by atoms with Crippen LogP contribution in [0.15, 0.2) is 73.2 Å². The largest absolute Gasteiger partial charge is 0.508 e. The zero-order valence-corrected chi connectivity index (χ0v) is 19.7. The fourth-order valence-electron chi connectivity index (χ4n) is 4.53. The first-order valence-corrected chi connectivity index (χ1v) is 11.6. The number of pyridine rings is 2. The molecule has 8 heteroatoms. The van der Waals surface area contributed by atoms with Gasteiger partial charge >= 0.3 is 0 Å². The molecule has 4 heterocycles. The second-order valence-electron chi connectivity index (χ2n) is 9.10. The lowest BCUT2D eigenvalue weighted by Gasteiger charge is -2.11. The maximum Gasteiger partial charge on any atom is 0.127 e. The van der Waals surface area contributed by atoms with E-state index in [-0.39, 0.29) is 5.75 Å². The number of aromatic hydroxyl groups is 1. The molecule has 0 radical (unpaired) electrons. The number of nitrogens with zero attached hydrogens (tertiary/aromatic N) is 3. The summed E-state index contributed by atoms with van der Waals surface area (Å²) < 4.78 is 14.0. The number of nitrogens with one attached hydrogen (secondary N) is 3. The zero-order valence-electron chi connectivity index (χ0n) is 19.7. The van der Waals surface area contributed by atoms with Crippen molar-refractivity contribution in [2.45, 2.75) is 19.9 Å². The standard InChI is InChI=1S/C28H23FN6O/c1-15(2)32-20-8-18(13-30-14-20)16-3-4-25-22(10-16)28(35-34-25)26-12-23-24(33-26)5-6-31-27(23)17-7-19(29)11-21(36)9-17/h3-15,32-33,36H,1-2H3,(H,34,35). The Kier molecular flexibility index (Phi) is 5.14. The highest BCUT2D eigenvalue weighted by Crippen LogP contribution is 2.35. The van der Waals surface area contributed by atoms with E-state index in [1.165, 1.54) is 12.1 Å². The maximum atomic E-state index is 14.0. The van der Waals surface area contributed by atoms with Crippen LogP contribution in [-0.4, -0.2) is 36.3 Å². The fourth-order valence-corrected chi connectivity index (χ4v) is 4.53. The Morgan fingerprint density at radius 3 is 2.56 bits per heavy atom. The van der Waals surface area contributed by atoms with Gasteiger partial charge in [0.25, 0.3) is 0 Å². The predicted octanol–water partition coefficient (Wildman–Crippen LogP) is 6.50. The summed E-state index contributed by atoms with van der Waals surface area (Å²) in [6.45, 7) is 4.18. The Bertz CT molecular complexity index is 1720. The van der Waals surface area contributed by atoms with Crippen molar-refractivity contribution in [2.75, 3.05) is 5.32 Å². The molecule has 0 spiro atoms. The van der Waals surface area contributed by atoms with Gasteiger partial charge in [0.05, 0.1) is 22.6 Å². The van der Waals surface area contributed by atoms with Gasteiger partial charge in [0.1, 0.15) is 17.3 Å². The zero-order chi connectivity index (χ0) is 24.8. The number of rotatable bonds is 5. The third kappa shape index (κ3) is 3.92. The molecule has 4 N–H and O–H groups in total. The Morgan fingerprint density at radius 1 is 0.861 bits per heavy atom. The van der Waals surface area contributed by atoms with E-state index >= 15 is 0 Å². The van der Waals surface area contributed by atoms with Gasteiger partial charge in [-0.05, 0) is 61.9 Å². The highest BCUT2D eigenvalue weighted by molar-refractivity contribution is 6.01. The lowest BCUT2D eigenvalue weighted by molar-refractivity contribution is 0.469. The van der Waals surface area contributed by atoms with Crippen LogP contribution in [0.4, 0.5) is 10.1 Å². The number of benzene rings is 2. The number of aromatic amines is 2. The topological polar surface area (TPSA) is 103 Å². The first-order valence-electron chi connectivity index (χ1n) is 11.6. The van der Waals surface area contributed by atoms with Gasteiger partial charge in [-0.1, -0.05) is 6.07 Å². The first kappa shape index (κ1) is 21.8. The minimum absolute atomic E-state index is 0.146. The van der Waals surface area contributed by atoms with E-state index in [2.05, 4.69) is 56.4 Å². The average Bonchev–Trinajstić information content (AvgIpc) is 3.46. The molecule has 0 saturated carbocycles. The van der Waals surface area contributed by atoms with E-state index in [0.29, 0.717) is 17.3 Å². The molecule has 0 atom stereocenters. The fraction of sp³-hybridized carbons (Fsp3) is 0.107. The molecular formula is C28H23FN6O. The van der Waals surface area contributed by atoms with Crippen LogP contribution >= 0.6 is 0 Å². The van der Waals surface area contributed by atoms with Crippen molar-refractivity contribution in [1.82, 2.24) is 25.1 Å². The number of fused-ring (bicyclic) bond motifs is 2. The van der Waals surface area contributed by atoms with Crippen LogP contribution in [0.1, 0.15) is 13.8 Å². The highest BCUT2D eigenvalue weighted by atomic mass is 19.1. The molecule has 178 valence electrons. The normalized spacial score (nSPS) is 11.6. The van der Waals surface area contributed by atoms with Crippen molar-refractivity contribution in [3.8, 4) is 39.5 Å². The van der Waals surface area contributed by atoms with Crippen molar-refractivity contribution < 1.29 is 9.50 Å². The summed E-state index contributed by atoms with van der Waals surface area (Å²) >= 11 is 0. The Hall–Kier alpha value is -4.72. The van der Waals surface area contributed by atoms with Crippen LogP contribution in [0.5, 0.6) is 5.75 Å². The minimum Gasteiger partial charge on any atom is -0.508 e. The van der Waals surface area contributed by atoms with Crippen molar-refractivity contribution in [3.63, 3.8) is 0 Å². The van der Waals surface area contributed by atoms with Crippen LogP contribution in [0.3, 0.4) is 0 Å². The van der Waals surface area contributed by atoms with Crippen molar-refractivity contribution >= 4 is 27.5 Å². The number of anilines is 1. The molecule has 0 aliphatic carbocycles. The van der Waals surface area contributed by atoms with Gasteiger partial charge < -0.3 is 15.4 Å². The number of aromatic nitrogens is 5. The van der Waals surface area contributed by atoms with E-state index < -0.39 is 5.82 Å². The minimum atomic E-state index is -0.521. The van der Waals surface area contributed by atoms with E-state index in [0.717, 1.165) is 56.1 Å². The number of phenolic OH excluding ortho intramolecular Hbond substituents is 1. The maximum absolute atomic E-state index is 14.0.